The van der Waals surface area contributed by atoms with E-state index in [0.717, 1.165) is 25.8 Å². The third-order valence-electron chi connectivity index (χ3n) is 2.50. The van der Waals surface area contributed by atoms with E-state index in [-0.39, 0.29) is 6.61 Å². The summed E-state index contributed by atoms with van der Waals surface area (Å²) in [5.74, 6) is 1.40. The molecule has 0 bridgehead atoms. The zero-order chi connectivity index (χ0) is 12.7. The molecule has 1 unspecified atom stereocenters. The zero-order valence-corrected chi connectivity index (χ0v) is 11.6. The van der Waals surface area contributed by atoms with Crippen molar-refractivity contribution in [3.8, 4) is 0 Å². The average Bonchev–Trinajstić information content (AvgIpc) is 2.25. The van der Waals surface area contributed by atoms with Crippen LogP contribution in [0.3, 0.4) is 0 Å². The Balaban J connectivity index is 2.52. The van der Waals surface area contributed by atoms with Gasteiger partial charge in [0, 0.05) is 19.2 Å². The fourth-order valence-corrected chi connectivity index (χ4v) is 2.09. The highest BCUT2D eigenvalue weighted by Crippen LogP contribution is 2.15. The summed E-state index contributed by atoms with van der Waals surface area (Å²) >= 11 is 3.27. The summed E-state index contributed by atoms with van der Waals surface area (Å²) < 4.78 is 0.668. The molecule has 0 aliphatic heterocycles. The number of nitrogen functional groups attached to an aromatic ring is 1. The Bertz CT molecular complexity index is 322. The summed E-state index contributed by atoms with van der Waals surface area (Å²) in [4.78, 5) is 8.27. The largest absolute Gasteiger partial charge is 0.396 e. The fourth-order valence-electron chi connectivity index (χ4n) is 1.69. The van der Waals surface area contributed by atoms with Gasteiger partial charge in [-0.25, -0.2) is 4.98 Å². The van der Waals surface area contributed by atoms with Gasteiger partial charge in [-0.15, -0.1) is 0 Å². The maximum absolute atomic E-state index is 8.96. The van der Waals surface area contributed by atoms with Crippen molar-refractivity contribution < 1.29 is 5.11 Å². The van der Waals surface area contributed by atoms with E-state index < -0.39 is 0 Å². The number of aliphatic hydroxyl groups is 1. The Hall–Kier alpha value is -0.880. The molecular formula is C11H19BrN4O. The number of rotatable bonds is 7. The van der Waals surface area contributed by atoms with Gasteiger partial charge in [-0.1, -0.05) is 13.3 Å². The Kier molecular flexibility index (Phi) is 6.21. The minimum atomic E-state index is 0.216. The predicted octanol–water partition coefficient (Wildman–Crippen LogP) is 2.03. The molecular weight excluding hydrogens is 284 g/mol. The molecule has 4 N–H and O–H groups in total. The van der Waals surface area contributed by atoms with Crippen molar-refractivity contribution in [3.05, 3.63) is 10.7 Å². The smallest absolute Gasteiger partial charge is 0.225 e. The second kappa shape index (κ2) is 7.45. The van der Waals surface area contributed by atoms with Crippen molar-refractivity contribution in [1.82, 2.24) is 9.97 Å². The van der Waals surface area contributed by atoms with Crippen molar-refractivity contribution in [2.24, 2.45) is 5.92 Å². The van der Waals surface area contributed by atoms with Crippen LogP contribution in [0.4, 0.5) is 11.8 Å². The maximum Gasteiger partial charge on any atom is 0.225 e. The molecule has 0 saturated carbocycles. The van der Waals surface area contributed by atoms with Gasteiger partial charge in [0.1, 0.15) is 10.4 Å². The van der Waals surface area contributed by atoms with E-state index in [1.54, 1.807) is 6.07 Å². The lowest BCUT2D eigenvalue weighted by Gasteiger charge is -2.15. The third kappa shape index (κ3) is 5.32. The highest BCUT2D eigenvalue weighted by Gasteiger charge is 2.08. The van der Waals surface area contributed by atoms with Crippen LogP contribution in [-0.4, -0.2) is 28.2 Å². The number of nitrogens with one attached hydrogen (secondary N) is 1. The SMILES string of the molecule is CCCC(CCO)CNc1nc(N)cc(Br)n1. The summed E-state index contributed by atoms with van der Waals surface area (Å²) in [6, 6.07) is 1.66. The van der Waals surface area contributed by atoms with E-state index in [1.165, 1.54) is 0 Å². The van der Waals surface area contributed by atoms with Gasteiger partial charge in [-0.2, -0.15) is 4.98 Å². The zero-order valence-electron chi connectivity index (χ0n) is 9.99. The normalized spacial score (nSPS) is 12.4. The molecule has 0 radical (unpaired) electrons. The summed E-state index contributed by atoms with van der Waals surface area (Å²) in [5, 5.41) is 12.1. The van der Waals surface area contributed by atoms with Gasteiger partial charge in [0.25, 0.3) is 0 Å². The van der Waals surface area contributed by atoms with Crippen LogP contribution in [0.1, 0.15) is 26.2 Å². The topological polar surface area (TPSA) is 84.1 Å². The molecule has 1 aromatic rings. The standard InChI is InChI=1S/C11H19BrN4O/c1-2-3-8(4-5-17)7-14-11-15-9(12)6-10(13)16-11/h6,8,17H,2-5,7H2,1H3,(H3,13,14,15,16). The van der Waals surface area contributed by atoms with Crippen LogP contribution in [0.15, 0.2) is 10.7 Å². The molecule has 1 rings (SSSR count). The number of anilines is 2. The highest BCUT2D eigenvalue weighted by molar-refractivity contribution is 9.10. The molecule has 0 aliphatic carbocycles. The first-order valence-electron chi connectivity index (χ1n) is 5.80. The van der Waals surface area contributed by atoms with E-state index in [2.05, 4.69) is 38.1 Å². The number of aromatic nitrogens is 2. The number of hydrogen-bond acceptors (Lipinski definition) is 5. The molecule has 1 aromatic heterocycles. The minimum Gasteiger partial charge on any atom is -0.396 e. The molecule has 1 atom stereocenters. The van der Waals surface area contributed by atoms with E-state index in [1.807, 2.05) is 0 Å². The summed E-state index contributed by atoms with van der Waals surface area (Å²) in [6.45, 7) is 3.11. The van der Waals surface area contributed by atoms with E-state index in [9.17, 15) is 0 Å². The van der Waals surface area contributed by atoms with Gasteiger partial charge >= 0.3 is 0 Å². The molecule has 0 fully saturated rings. The van der Waals surface area contributed by atoms with Crippen LogP contribution in [0.25, 0.3) is 0 Å². The van der Waals surface area contributed by atoms with Crippen LogP contribution in [0, 0.1) is 5.92 Å². The lowest BCUT2D eigenvalue weighted by atomic mass is 10.0. The van der Waals surface area contributed by atoms with Gasteiger partial charge < -0.3 is 16.2 Å². The number of aliphatic hydroxyl groups excluding tert-OH is 1. The molecule has 0 saturated heterocycles. The van der Waals surface area contributed by atoms with Gasteiger partial charge in [0.2, 0.25) is 5.95 Å². The molecule has 0 spiro atoms. The summed E-state index contributed by atoms with van der Waals surface area (Å²) in [7, 11) is 0. The molecule has 6 heteroatoms. The molecule has 1 heterocycles. The van der Waals surface area contributed by atoms with Crippen molar-refractivity contribution >= 4 is 27.7 Å². The van der Waals surface area contributed by atoms with E-state index >= 15 is 0 Å². The lowest BCUT2D eigenvalue weighted by molar-refractivity contribution is 0.255. The molecule has 96 valence electrons. The second-order valence-corrected chi connectivity index (χ2v) is 4.80. The first kappa shape index (κ1) is 14.2. The van der Waals surface area contributed by atoms with E-state index in [4.69, 9.17) is 10.8 Å². The van der Waals surface area contributed by atoms with Crippen LogP contribution in [-0.2, 0) is 0 Å². The number of halogens is 1. The molecule has 0 aromatic carbocycles. The van der Waals surface area contributed by atoms with Gasteiger partial charge in [0.05, 0.1) is 0 Å². The third-order valence-corrected chi connectivity index (χ3v) is 2.90. The van der Waals surface area contributed by atoms with Gasteiger partial charge in [-0.05, 0) is 34.7 Å². The summed E-state index contributed by atoms with van der Waals surface area (Å²) in [6.07, 6.45) is 2.98. The predicted molar refractivity (Wildman–Crippen MR) is 72.7 cm³/mol. The van der Waals surface area contributed by atoms with Gasteiger partial charge in [-0.3, -0.25) is 0 Å². The minimum absolute atomic E-state index is 0.216. The second-order valence-electron chi connectivity index (χ2n) is 3.99. The Labute approximate surface area is 110 Å². The monoisotopic (exact) mass is 302 g/mol. The lowest BCUT2D eigenvalue weighted by Crippen LogP contribution is -2.17. The Morgan fingerprint density at radius 1 is 1.47 bits per heavy atom. The number of nitrogens with zero attached hydrogens (tertiary/aromatic N) is 2. The Morgan fingerprint density at radius 2 is 2.24 bits per heavy atom. The van der Waals surface area contributed by atoms with Crippen molar-refractivity contribution in [2.75, 3.05) is 24.2 Å². The van der Waals surface area contributed by atoms with E-state index in [0.29, 0.717) is 22.3 Å². The molecule has 0 aliphatic rings. The molecule has 5 nitrogen and oxygen atoms in total. The van der Waals surface area contributed by atoms with Crippen molar-refractivity contribution in [2.45, 2.75) is 26.2 Å². The van der Waals surface area contributed by atoms with Gasteiger partial charge in [0.15, 0.2) is 0 Å². The first-order valence-corrected chi connectivity index (χ1v) is 6.59. The van der Waals surface area contributed by atoms with Crippen molar-refractivity contribution in [3.63, 3.8) is 0 Å². The number of hydrogen-bond donors (Lipinski definition) is 3. The highest BCUT2D eigenvalue weighted by atomic mass is 79.9. The van der Waals surface area contributed by atoms with Crippen molar-refractivity contribution in [1.29, 1.82) is 0 Å². The number of nitrogens with two attached hydrogens (primary N) is 1. The van der Waals surface area contributed by atoms with Crippen LogP contribution in [0.5, 0.6) is 0 Å². The molecule has 0 amide bonds. The first-order chi connectivity index (χ1) is 8.15. The van der Waals surface area contributed by atoms with Crippen LogP contribution >= 0.6 is 15.9 Å². The average molecular weight is 303 g/mol. The Morgan fingerprint density at radius 3 is 2.82 bits per heavy atom. The van der Waals surface area contributed by atoms with Crippen LogP contribution < -0.4 is 11.1 Å². The van der Waals surface area contributed by atoms with Crippen LogP contribution in [0.2, 0.25) is 0 Å². The molecule has 17 heavy (non-hydrogen) atoms. The fraction of sp³-hybridized carbons (Fsp3) is 0.636. The quantitative estimate of drug-likeness (QED) is 0.671. The maximum atomic E-state index is 8.96. The summed E-state index contributed by atoms with van der Waals surface area (Å²) in [5.41, 5.74) is 5.62.